The van der Waals surface area contributed by atoms with Crippen molar-refractivity contribution in [3.8, 4) is 0 Å². The molecule has 0 saturated heterocycles. The van der Waals surface area contributed by atoms with E-state index in [1.807, 2.05) is 13.8 Å². The van der Waals surface area contributed by atoms with Crippen molar-refractivity contribution in [2.24, 2.45) is 0 Å². The maximum Gasteiger partial charge on any atom is 0.219 e. The van der Waals surface area contributed by atoms with Crippen LogP contribution in [0.1, 0.15) is 33.6 Å². The van der Waals surface area contributed by atoms with E-state index in [1.165, 1.54) is 6.92 Å². The van der Waals surface area contributed by atoms with Gasteiger partial charge in [-0.3, -0.25) is 4.79 Å². The molecular weight excluding hydrogens is 230 g/mol. The minimum absolute atomic E-state index is 0.00246. The van der Waals surface area contributed by atoms with Crippen LogP contribution in [0.5, 0.6) is 0 Å². The van der Waals surface area contributed by atoms with Crippen molar-refractivity contribution in [3.63, 3.8) is 0 Å². The topological polar surface area (TPSA) is 38.8 Å². The van der Waals surface area contributed by atoms with Crippen LogP contribution in [0, 0.1) is 13.8 Å². The summed E-state index contributed by atoms with van der Waals surface area (Å²) >= 11 is 0. The fourth-order valence-electron chi connectivity index (χ4n) is 1.29. The van der Waals surface area contributed by atoms with E-state index in [0.717, 1.165) is 12.8 Å². The maximum atomic E-state index is 11.4. The monoisotopic (exact) mass is 255 g/mol. The van der Waals surface area contributed by atoms with Gasteiger partial charge in [0.2, 0.25) is 5.91 Å². The molecule has 2 atom stereocenters. The van der Waals surface area contributed by atoms with Crippen LogP contribution in [0.4, 0.5) is 0 Å². The second kappa shape index (κ2) is 10.3. The first-order chi connectivity index (χ1) is 8.51. The van der Waals surface area contributed by atoms with Crippen LogP contribution in [0.2, 0.25) is 0 Å². The summed E-state index contributed by atoms with van der Waals surface area (Å²) in [5.74, 6) is -0.00246. The van der Waals surface area contributed by atoms with Crippen molar-refractivity contribution in [1.82, 2.24) is 4.90 Å². The summed E-state index contributed by atoms with van der Waals surface area (Å²) in [5, 5.41) is 0. The van der Waals surface area contributed by atoms with Crippen molar-refractivity contribution in [2.75, 3.05) is 26.3 Å². The molecule has 18 heavy (non-hydrogen) atoms. The number of hydrogen-bond acceptors (Lipinski definition) is 3. The molecule has 0 aromatic heterocycles. The Bertz CT molecular complexity index is 205. The molecule has 4 nitrogen and oxygen atoms in total. The van der Waals surface area contributed by atoms with Crippen LogP contribution < -0.4 is 0 Å². The fourth-order valence-corrected chi connectivity index (χ4v) is 1.29. The van der Waals surface area contributed by atoms with E-state index in [1.54, 1.807) is 4.90 Å². The molecule has 0 bridgehead atoms. The Hall–Kier alpha value is -0.610. The molecule has 0 fully saturated rings. The molecule has 2 unspecified atom stereocenters. The minimum atomic E-state index is -0.261. The smallest absolute Gasteiger partial charge is 0.219 e. The standard InChI is InChI=1S/C14H25NO3/c1-6-12(3)17-10-8-15(14(5)16)9-11-18-13(4)7-2/h3-4,12-13H,6-11H2,1-2,5H3. The van der Waals surface area contributed by atoms with Crippen molar-refractivity contribution >= 4 is 5.91 Å². The Balaban J connectivity index is 3.82. The van der Waals surface area contributed by atoms with Gasteiger partial charge in [-0.1, -0.05) is 13.8 Å². The van der Waals surface area contributed by atoms with Crippen LogP contribution in [-0.2, 0) is 14.3 Å². The summed E-state index contributed by atoms with van der Waals surface area (Å²) in [7, 11) is 0. The summed E-state index contributed by atoms with van der Waals surface area (Å²) in [4.78, 5) is 13.1. The highest BCUT2D eigenvalue weighted by Gasteiger charge is 2.10. The largest absolute Gasteiger partial charge is 0.376 e. The number of hydrogen-bond donors (Lipinski definition) is 0. The highest BCUT2D eigenvalue weighted by molar-refractivity contribution is 5.73. The summed E-state index contributed by atoms with van der Waals surface area (Å²) in [5.41, 5.74) is 0. The molecule has 0 aliphatic rings. The number of carbonyl (C=O) groups excluding carboxylic acids is 1. The molecule has 0 aliphatic carbocycles. The van der Waals surface area contributed by atoms with E-state index in [9.17, 15) is 4.79 Å². The third-order valence-electron chi connectivity index (χ3n) is 2.64. The minimum Gasteiger partial charge on any atom is -0.376 e. The number of rotatable bonds is 10. The second-order valence-corrected chi connectivity index (χ2v) is 4.14. The molecule has 104 valence electrons. The van der Waals surface area contributed by atoms with Crippen LogP contribution >= 0.6 is 0 Å². The van der Waals surface area contributed by atoms with Crippen molar-refractivity contribution in [3.05, 3.63) is 13.8 Å². The Kier molecular flexibility index (Phi) is 9.98. The maximum absolute atomic E-state index is 11.4. The Morgan fingerprint density at radius 2 is 1.44 bits per heavy atom. The Morgan fingerprint density at radius 3 is 1.72 bits per heavy atom. The molecule has 0 saturated carbocycles. The zero-order chi connectivity index (χ0) is 14.0. The molecule has 4 radical (unpaired) electrons. The molecule has 4 heteroatoms. The number of nitrogens with zero attached hydrogens (tertiary/aromatic N) is 1. The zero-order valence-electron chi connectivity index (χ0n) is 11.7. The van der Waals surface area contributed by atoms with Gasteiger partial charge >= 0.3 is 0 Å². The molecule has 0 spiro atoms. The average molecular weight is 255 g/mol. The summed E-state index contributed by atoms with van der Waals surface area (Å²) in [6.07, 6.45) is 0.996. The number of ether oxygens (including phenoxy) is 2. The lowest BCUT2D eigenvalue weighted by Gasteiger charge is -2.22. The molecule has 1 amide bonds. The fraction of sp³-hybridized carbons (Fsp3) is 0.786. The first-order valence-corrected chi connectivity index (χ1v) is 6.51. The normalized spacial score (nSPS) is 14.3. The van der Waals surface area contributed by atoms with E-state index < -0.39 is 0 Å². The summed E-state index contributed by atoms with van der Waals surface area (Å²) < 4.78 is 10.7. The van der Waals surface area contributed by atoms with E-state index in [0.29, 0.717) is 26.3 Å². The van der Waals surface area contributed by atoms with E-state index in [4.69, 9.17) is 23.3 Å². The molecule has 0 aromatic rings. The Labute approximate surface area is 112 Å². The van der Waals surface area contributed by atoms with Gasteiger partial charge in [-0.25, -0.2) is 0 Å². The van der Waals surface area contributed by atoms with Gasteiger partial charge in [0.25, 0.3) is 0 Å². The SMILES string of the molecule is [CH]C(CC)OCCN(CCOC([CH])CC)C(C)=O. The third kappa shape index (κ3) is 8.48. The lowest BCUT2D eigenvalue weighted by Crippen LogP contribution is -2.36. The molecule has 0 heterocycles. The van der Waals surface area contributed by atoms with Crippen molar-refractivity contribution < 1.29 is 14.3 Å². The third-order valence-corrected chi connectivity index (χ3v) is 2.64. The molecule has 0 rings (SSSR count). The quantitative estimate of drug-likeness (QED) is 0.598. The summed E-state index contributed by atoms with van der Waals surface area (Å²) in [6.45, 7) is 18.6. The van der Waals surface area contributed by atoms with Crippen molar-refractivity contribution in [2.45, 2.75) is 45.8 Å². The molecule has 0 aliphatic heterocycles. The number of carbonyl (C=O) groups is 1. The lowest BCUT2D eigenvalue weighted by atomic mass is 10.3. The lowest BCUT2D eigenvalue weighted by molar-refractivity contribution is -0.130. The van der Waals surface area contributed by atoms with Gasteiger partial charge in [0.05, 0.1) is 25.4 Å². The number of amides is 1. The first-order valence-electron chi connectivity index (χ1n) is 6.51. The van der Waals surface area contributed by atoms with Gasteiger partial charge in [-0.2, -0.15) is 0 Å². The van der Waals surface area contributed by atoms with Crippen LogP contribution in [0.25, 0.3) is 0 Å². The van der Waals surface area contributed by atoms with Gasteiger partial charge in [0, 0.05) is 20.0 Å². The van der Waals surface area contributed by atoms with E-state index >= 15 is 0 Å². The predicted molar refractivity (Wildman–Crippen MR) is 70.9 cm³/mol. The molecule has 0 N–H and O–H groups in total. The van der Waals surface area contributed by atoms with Crippen LogP contribution in [0.15, 0.2) is 0 Å². The predicted octanol–water partition coefficient (Wildman–Crippen LogP) is 1.85. The molecule has 0 aromatic carbocycles. The zero-order valence-corrected chi connectivity index (χ0v) is 11.7. The van der Waals surface area contributed by atoms with Crippen LogP contribution in [-0.4, -0.2) is 49.3 Å². The van der Waals surface area contributed by atoms with Gasteiger partial charge in [-0.05, 0) is 26.7 Å². The second-order valence-electron chi connectivity index (χ2n) is 4.14. The van der Waals surface area contributed by atoms with E-state index in [2.05, 4.69) is 0 Å². The van der Waals surface area contributed by atoms with Crippen molar-refractivity contribution in [1.29, 1.82) is 0 Å². The van der Waals surface area contributed by atoms with Gasteiger partial charge in [-0.15, -0.1) is 0 Å². The van der Waals surface area contributed by atoms with Gasteiger partial charge in [0.1, 0.15) is 0 Å². The van der Waals surface area contributed by atoms with Gasteiger partial charge in [0.15, 0.2) is 0 Å². The molecular formula is C14H25NO3. The first kappa shape index (κ1) is 17.4. The van der Waals surface area contributed by atoms with Crippen LogP contribution in [0.3, 0.4) is 0 Å². The Morgan fingerprint density at radius 1 is 1.06 bits per heavy atom. The summed E-state index contributed by atoms with van der Waals surface area (Å²) in [6, 6.07) is 0. The highest BCUT2D eigenvalue weighted by atomic mass is 16.5. The van der Waals surface area contributed by atoms with E-state index in [-0.39, 0.29) is 18.1 Å². The van der Waals surface area contributed by atoms with Gasteiger partial charge < -0.3 is 14.4 Å². The highest BCUT2D eigenvalue weighted by Crippen LogP contribution is 1.99. The average Bonchev–Trinajstić information content (AvgIpc) is 2.35.